The number of nitrogens with zero attached hydrogens (tertiary/aromatic N) is 2. The predicted molar refractivity (Wildman–Crippen MR) is 103 cm³/mol. The van der Waals surface area contributed by atoms with Gasteiger partial charge in [-0.05, 0) is 76.0 Å². The van der Waals surface area contributed by atoms with Crippen molar-refractivity contribution in [1.29, 1.82) is 0 Å². The van der Waals surface area contributed by atoms with Crippen LogP contribution in [0.5, 0.6) is 0 Å². The molecule has 4 nitrogen and oxygen atoms in total. The second-order valence-electron chi connectivity index (χ2n) is 7.50. The molecule has 2 fully saturated rings. The number of nitrogens with one attached hydrogen (secondary N) is 1. The Morgan fingerprint density at radius 2 is 1.96 bits per heavy atom. The van der Waals surface area contributed by atoms with E-state index in [4.69, 9.17) is 4.98 Å². The summed E-state index contributed by atoms with van der Waals surface area (Å²) in [5.74, 6) is 1.48. The number of benzene rings is 1. The third kappa shape index (κ3) is 3.64. The fourth-order valence-corrected chi connectivity index (χ4v) is 5.01. The van der Waals surface area contributed by atoms with E-state index in [1.54, 1.807) is 0 Å². The molecule has 2 saturated heterocycles. The molecule has 1 aromatic carbocycles. The summed E-state index contributed by atoms with van der Waals surface area (Å²) in [5.41, 5.74) is 2.63. The Morgan fingerprint density at radius 3 is 2.67 bits per heavy atom. The van der Waals surface area contributed by atoms with Gasteiger partial charge in [-0.3, -0.25) is 0 Å². The van der Waals surface area contributed by atoms with Crippen LogP contribution in [-0.2, 0) is 0 Å². The van der Waals surface area contributed by atoms with Crippen molar-refractivity contribution in [3.63, 3.8) is 0 Å². The van der Waals surface area contributed by atoms with Crippen LogP contribution in [0.25, 0.3) is 10.2 Å². The molecule has 0 saturated carbocycles. The van der Waals surface area contributed by atoms with Gasteiger partial charge in [-0.15, -0.1) is 11.3 Å². The SMILES string of the molecule is C[C@H]1CC[C@H](c2ccc3sc(C4CCN(C)CC4)nc3c2)NC1.N. The summed E-state index contributed by atoms with van der Waals surface area (Å²) in [6.45, 7) is 5.88. The Morgan fingerprint density at radius 1 is 1.17 bits per heavy atom. The van der Waals surface area contributed by atoms with E-state index in [1.165, 1.54) is 59.6 Å². The number of rotatable bonds is 2. The van der Waals surface area contributed by atoms with Crippen LogP contribution in [0, 0.1) is 5.92 Å². The van der Waals surface area contributed by atoms with E-state index < -0.39 is 0 Å². The maximum atomic E-state index is 5.00. The molecule has 2 aliphatic heterocycles. The predicted octanol–water partition coefficient (Wildman–Crippen LogP) is 4.33. The number of hydrogen-bond acceptors (Lipinski definition) is 5. The van der Waals surface area contributed by atoms with Gasteiger partial charge >= 0.3 is 0 Å². The highest BCUT2D eigenvalue weighted by Crippen LogP contribution is 2.35. The summed E-state index contributed by atoms with van der Waals surface area (Å²) in [6, 6.07) is 7.45. The van der Waals surface area contributed by atoms with Crippen molar-refractivity contribution in [3.05, 3.63) is 28.8 Å². The van der Waals surface area contributed by atoms with E-state index in [0.29, 0.717) is 12.0 Å². The Labute approximate surface area is 149 Å². The van der Waals surface area contributed by atoms with E-state index in [-0.39, 0.29) is 6.15 Å². The third-order valence-electron chi connectivity index (χ3n) is 5.56. The van der Waals surface area contributed by atoms with Crippen LogP contribution < -0.4 is 11.5 Å². The molecule has 1 aromatic heterocycles. The van der Waals surface area contributed by atoms with Crippen molar-refractivity contribution in [2.75, 3.05) is 26.7 Å². The minimum atomic E-state index is 0. The van der Waals surface area contributed by atoms with E-state index in [1.807, 2.05) is 11.3 Å². The van der Waals surface area contributed by atoms with Gasteiger partial charge in [0.05, 0.1) is 15.2 Å². The summed E-state index contributed by atoms with van der Waals surface area (Å²) < 4.78 is 1.35. The molecule has 0 aliphatic carbocycles. The molecule has 4 rings (SSSR count). The standard InChI is InChI=1S/C19H27N3S.H3N/c1-13-3-5-16(20-12-13)15-4-6-18-17(11-15)21-19(23-18)14-7-9-22(2)10-8-14;/h4,6,11,13-14,16,20H,3,5,7-10,12H2,1-2H3;1H3/t13-,16+;/m0./s1. The highest BCUT2D eigenvalue weighted by molar-refractivity contribution is 7.18. The Bertz CT molecular complexity index is 647. The van der Waals surface area contributed by atoms with Crippen molar-refractivity contribution < 1.29 is 0 Å². The molecule has 4 N–H and O–H groups in total. The maximum absolute atomic E-state index is 5.00. The largest absolute Gasteiger partial charge is 0.344 e. The van der Waals surface area contributed by atoms with Crippen molar-refractivity contribution in [2.24, 2.45) is 5.92 Å². The number of hydrogen-bond donors (Lipinski definition) is 2. The van der Waals surface area contributed by atoms with Crippen molar-refractivity contribution in [3.8, 4) is 0 Å². The normalized spacial score (nSPS) is 26.4. The van der Waals surface area contributed by atoms with Crippen LogP contribution in [0.1, 0.15) is 55.1 Å². The molecule has 0 unspecified atom stereocenters. The topological polar surface area (TPSA) is 63.2 Å². The number of likely N-dealkylation sites (tertiary alicyclic amines) is 1. The quantitative estimate of drug-likeness (QED) is 0.849. The van der Waals surface area contributed by atoms with E-state index in [9.17, 15) is 0 Å². The number of thiazole rings is 1. The molecule has 2 aliphatic rings. The lowest BCUT2D eigenvalue weighted by molar-refractivity contribution is 0.255. The number of aromatic nitrogens is 1. The summed E-state index contributed by atoms with van der Waals surface area (Å²) in [6.07, 6.45) is 5.09. The molecular weight excluding hydrogens is 316 g/mol. The molecule has 132 valence electrons. The molecule has 24 heavy (non-hydrogen) atoms. The lowest BCUT2D eigenvalue weighted by Gasteiger charge is -2.28. The van der Waals surface area contributed by atoms with Gasteiger partial charge in [0.25, 0.3) is 0 Å². The number of fused-ring (bicyclic) bond motifs is 1. The number of piperidine rings is 2. The first kappa shape index (κ1) is 17.8. The zero-order chi connectivity index (χ0) is 15.8. The van der Waals surface area contributed by atoms with Crippen molar-refractivity contribution in [2.45, 2.75) is 44.6 Å². The van der Waals surface area contributed by atoms with Crippen LogP contribution in [0.4, 0.5) is 0 Å². The summed E-state index contributed by atoms with van der Waals surface area (Å²) in [4.78, 5) is 7.43. The summed E-state index contributed by atoms with van der Waals surface area (Å²) in [7, 11) is 2.22. The molecule has 0 bridgehead atoms. The second-order valence-corrected chi connectivity index (χ2v) is 8.56. The van der Waals surface area contributed by atoms with Gasteiger partial charge in [-0.25, -0.2) is 4.98 Å². The van der Waals surface area contributed by atoms with Crippen LogP contribution >= 0.6 is 11.3 Å². The van der Waals surface area contributed by atoms with Gasteiger partial charge in [-0.2, -0.15) is 0 Å². The molecule has 5 heteroatoms. The zero-order valence-corrected chi connectivity index (χ0v) is 15.7. The van der Waals surface area contributed by atoms with Crippen molar-refractivity contribution >= 4 is 21.6 Å². The van der Waals surface area contributed by atoms with E-state index in [2.05, 4.69) is 42.4 Å². The minimum Gasteiger partial charge on any atom is -0.344 e. The molecule has 0 spiro atoms. The van der Waals surface area contributed by atoms with Gasteiger partial charge in [0.2, 0.25) is 0 Å². The van der Waals surface area contributed by atoms with E-state index >= 15 is 0 Å². The zero-order valence-electron chi connectivity index (χ0n) is 14.9. The van der Waals surface area contributed by atoms with Gasteiger partial charge in [0, 0.05) is 12.0 Å². The minimum absolute atomic E-state index is 0. The Balaban J connectivity index is 0.00000169. The average Bonchev–Trinajstić information content (AvgIpc) is 2.99. The second kappa shape index (κ2) is 7.48. The molecule has 2 aromatic rings. The fourth-order valence-electron chi connectivity index (χ4n) is 3.89. The Hall–Kier alpha value is -1.01. The van der Waals surface area contributed by atoms with Crippen LogP contribution in [-0.4, -0.2) is 36.6 Å². The monoisotopic (exact) mass is 346 g/mol. The first-order valence-corrected chi connectivity index (χ1v) is 9.83. The summed E-state index contributed by atoms with van der Waals surface area (Å²) >= 11 is 1.91. The maximum Gasteiger partial charge on any atom is 0.0970 e. The smallest absolute Gasteiger partial charge is 0.0970 e. The van der Waals surface area contributed by atoms with Crippen molar-refractivity contribution in [1.82, 2.24) is 21.4 Å². The van der Waals surface area contributed by atoms with Gasteiger partial charge < -0.3 is 16.4 Å². The molecule has 0 amide bonds. The van der Waals surface area contributed by atoms with Gasteiger partial charge in [0.15, 0.2) is 0 Å². The summed E-state index contributed by atoms with van der Waals surface area (Å²) in [5, 5.41) is 5.05. The molecular formula is C19H30N4S. The van der Waals surface area contributed by atoms with Crippen LogP contribution in [0.2, 0.25) is 0 Å². The highest BCUT2D eigenvalue weighted by atomic mass is 32.1. The Kier molecular flexibility index (Phi) is 5.55. The molecule has 0 radical (unpaired) electrons. The molecule has 2 atom stereocenters. The van der Waals surface area contributed by atoms with Gasteiger partial charge in [-0.1, -0.05) is 13.0 Å². The van der Waals surface area contributed by atoms with Crippen LogP contribution in [0.3, 0.4) is 0 Å². The lowest BCUT2D eigenvalue weighted by Crippen LogP contribution is -2.31. The van der Waals surface area contributed by atoms with Crippen LogP contribution in [0.15, 0.2) is 18.2 Å². The third-order valence-corrected chi connectivity index (χ3v) is 6.76. The van der Waals surface area contributed by atoms with Gasteiger partial charge in [0.1, 0.15) is 0 Å². The van der Waals surface area contributed by atoms with E-state index in [0.717, 1.165) is 12.5 Å². The first-order valence-electron chi connectivity index (χ1n) is 9.01. The molecule has 3 heterocycles. The first-order chi connectivity index (χ1) is 11.2. The highest BCUT2D eigenvalue weighted by Gasteiger charge is 2.23. The average molecular weight is 347 g/mol. The lowest BCUT2D eigenvalue weighted by atomic mass is 9.92. The fraction of sp³-hybridized carbons (Fsp3) is 0.632.